The van der Waals surface area contributed by atoms with Gasteiger partial charge in [-0.3, -0.25) is 9.89 Å². The summed E-state index contributed by atoms with van der Waals surface area (Å²) in [5.41, 5.74) is 1.71. The smallest absolute Gasteiger partial charge is 0.131 e. The van der Waals surface area contributed by atoms with Gasteiger partial charge in [0, 0.05) is 36.5 Å². The molecule has 1 saturated carbocycles. The lowest BCUT2D eigenvalue weighted by Crippen LogP contribution is -2.60. The van der Waals surface area contributed by atoms with Crippen LogP contribution in [-0.4, -0.2) is 53.2 Å². The van der Waals surface area contributed by atoms with Crippen molar-refractivity contribution in [1.29, 1.82) is 0 Å². The minimum Gasteiger partial charge on any atom is -0.497 e. The molecule has 1 aromatic rings. The molecule has 1 aromatic carbocycles. The van der Waals surface area contributed by atoms with Gasteiger partial charge in [-0.15, -0.1) is 0 Å². The van der Waals surface area contributed by atoms with Crippen LogP contribution in [0.1, 0.15) is 31.7 Å². The number of ether oxygens (including phenoxy) is 1. The Balaban J connectivity index is 1.61. The van der Waals surface area contributed by atoms with E-state index in [1.807, 2.05) is 25.1 Å². The van der Waals surface area contributed by atoms with E-state index in [1.54, 1.807) is 7.11 Å². The third-order valence-corrected chi connectivity index (χ3v) is 7.00. The van der Waals surface area contributed by atoms with Crippen molar-refractivity contribution >= 4 is 11.4 Å². The fraction of sp³-hybridized carbons (Fsp3) is 0.650. The van der Waals surface area contributed by atoms with E-state index < -0.39 is 5.60 Å². The Morgan fingerprint density at radius 1 is 1.36 bits per heavy atom. The maximum Gasteiger partial charge on any atom is 0.131 e. The van der Waals surface area contributed by atoms with Crippen LogP contribution >= 0.6 is 0 Å². The SMILES string of the molecule is COc1ccc2c(c1)C1(O)CCN3CC4CC(C1=N2)C3C(C(C)O)C4. The van der Waals surface area contributed by atoms with Crippen LogP contribution in [0.4, 0.5) is 5.69 Å². The molecule has 7 atom stereocenters. The van der Waals surface area contributed by atoms with Crippen molar-refractivity contribution in [3.63, 3.8) is 0 Å². The van der Waals surface area contributed by atoms with Gasteiger partial charge < -0.3 is 14.9 Å². The molecule has 0 radical (unpaired) electrons. The van der Waals surface area contributed by atoms with Crippen LogP contribution in [0, 0.1) is 17.8 Å². The van der Waals surface area contributed by atoms with Gasteiger partial charge in [-0.1, -0.05) is 0 Å². The number of aliphatic hydroxyl groups excluding tert-OH is 1. The van der Waals surface area contributed by atoms with Crippen LogP contribution in [0.25, 0.3) is 0 Å². The lowest BCUT2D eigenvalue weighted by atomic mass is 9.63. The highest BCUT2D eigenvalue weighted by molar-refractivity contribution is 6.02. The Morgan fingerprint density at radius 3 is 2.96 bits per heavy atom. The zero-order chi connectivity index (χ0) is 17.3. The third-order valence-electron chi connectivity index (χ3n) is 7.00. The maximum atomic E-state index is 11.7. The molecule has 1 aliphatic carbocycles. The monoisotopic (exact) mass is 342 g/mol. The molecule has 5 aliphatic rings. The summed E-state index contributed by atoms with van der Waals surface area (Å²) in [4.78, 5) is 7.43. The summed E-state index contributed by atoms with van der Waals surface area (Å²) in [6.45, 7) is 3.87. The number of piperidine rings is 2. The zero-order valence-electron chi connectivity index (χ0n) is 14.9. The minimum absolute atomic E-state index is 0.234. The molecule has 134 valence electrons. The molecular formula is C20H26N2O3. The van der Waals surface area contributed by atoms with E-state index in [-0.39, 0.29) is 17.9 Å². The fourth-order valence-electron chi connectivity index (χ4n) is 5.93. The van der Waals surface area contributed by atoms with Crippen LogP contribution in [0.15, 0.2) is 23.2 Å². The molecule has 4 aliphatic heterocycles. The predicted molar refractivity (Wildman–Crippen MR) is 95.3 cm³/mol. The standard InChI is InChI=1S/C20H26N2O3/c1-11(23)14-7-12-8-15-18(14)22(10-12)6-5-20(24)16-9-13(25-2)3-4-17(16)21-19(15)20/h3-4,9,11-12,14-15,18,23-24H,5-8,10H2,1-2H3. The molecule has 4 heterocycles. The van der Waals surface area contributed by atoms with Gasteiger partial charge in [-0.25, -0.2) is 0 Å². The second-order valence-electron chi connectivity index (χ2n) is 8.32. The van der Waals surface area contributed by atoms with Gasteiger partial charge in [0.25, 0.3) is 0 Å². The Kier molecular flexibility index (Phi) is 3.34. The number of rotatable bonds is 2. The first-order chi connectivity index (χ1) is 12.0. The number of nitrogens with zero attached hydrogens (tertiary/aromatic N) is 2. The van der Waals surface area contributed by atoms with E-state index in [0.717, 1.165) is 48.6 Å². The molecule has 3 saturated heterocycles. The van der Waals surface area contributed by atoms with Gasteiger partial charge in [0.2, 0.25) is 0 Å². The van der Waals surface area contributed by atoms with E-state index in [1.165, 1.54) is 0 Å². The molecule has 5 nitrogen and oxygen atoms in total. The van der Waals surface area contributed by atoms with E-state index in [2.05, 4.69) is 4.90 Å². The summed E-state index contributed by atoms with van der Waals surface area (Å²) in [5.74, 6) is 1.87. The summed E-state index contributed by atoms with van der Waals surface area (Å²) >= 11 is 0. The number of hydrogen-bond acceptors (Lipinski definition) is 5. The normalized spacial score (nSPS) is 42.2. The Bertz CT molecular complexity index is 746. The number of hydrogen-bond donors (Lipinski definition) is 2. The number of aliphatic imine (C=N–C) groups is 1. The fourth-order valence-corrected chi connectivity index (χ4v) is 5.93. The Morgan fingerprint density at radius 2 is 2.20 bits per heavy atom. The zero-order valence-corrected chi connectivity index (χ0v) is 14.9. The molecule has 7 unspecified atom stereocenters. The van der Waals surface area contributed by atoms with Crippen molar-refractivity contribution in [2.75, 3.05) is 20.2 Å². The molecule has 6 rings (SSSR count). The largest absolute Gasteiger partial charge is 0.497 e. The minimum atomic E-state index is -0.989. The van der Waals surface area contributed by atoms with Crippen molar-refractivity contribution in [1.82, 2.24) is 4.90 Å². The third kappa shape index (κ3) is 2.09. The molecule has 5 heteroatoms. The highest BCUT2D eigenvalue weighted by Crippen LogP contribution is 2.53. The number of fused-ring (bicyclic) bond motifs is 4. The highest BCUT2D eigenvalue weighted by atomic mass is 16.5. The van der Waals surface area contributed by atoms with Crippen LogP contribution in [0.3, 0.4) is 0 Å². The molecule has 4 bridgehead atoms. The molecule has 25 heavy (non-hydrogen) atoms. The van der Waals surface area contributed by atoms with Gasteiger partial charge in [0.15, 0.2) is 0 Å². The number of aliphatic hydroxyl groups is 2. The summed E-state index contributed by atoms with van der Waals surface area (Å²) < 4.78 is 5.37. The summed E-state index contributed by atoms with van der Waals surface area (Å²) in [5, 5.41) is 22.0. The van der Waals surface area contributed by atoms with Gasteiger partial charge >= 0.3 is 0 Å². The summed E-state index contributed by atoms with van der Waals surface area (Å²) in [7, 11) is 1.65. The van der Waals surface area contributed by atoms with E-state index in [9.17, 15) is 10.2 Å². The van der Waals surface area contributed by atoms with Crippen LogP contribution < -0.4 is 4.74 Å². The second-order valence-corrected chi connectivity index (χ2v) is 8.32. The average Bonchev–Trinajstić information content (AvgIpc) is 2.88. The van der Waals surface area contributed by atoms with E-state index in [4.69, 9.17) is 9.73 Å². The van der Waals surface area contributed by atoms with Crippen molar-refractivity contribution < 1.29 is 14.9 Å². The Labute approximate surface area is 148 Å². The molecule has 4 fully saturated rings. The maximum absolute atomic E-state index is 11.7. The summed E-state index contributed by atoms with van der Waals surface area (Å²) in [6, 6.07) is 6.11. The quantitative estimate of drug-likeness (QED) is 0.864. The number of methoxy groups -OCH3 is 1. The van der Waals surface area contributed by atoms with Crippen LogP contribution in [0.2, 0.25) is 0 Å². The van der Waals surface area contributed by atoms with Crippen LogP contribution in [0.5, 0.6) is 5.75 Å². The van der Waals surface area contributed by atoms with Gasteiger partial charge in [-0.2, -0.15) is 0 Å². The molecular weight excluding hydrogens is 316 g/mol. The molecule has 2 N–H and O–H groups in total. The average molecular weight is 342 g/mol. The topological polar surface area (TPSA) is 65.3 Å². The molecule has 0 aromatic heterocycles. The van der Waals surface area contributed by atoms with Crippen molar-refractivity contribution in [2.45, 2.75) is 43.9 Å². The van der Waals surface area contributed by atoms with Crippen LogP contribution in [-0.2, 0) is 5.60 Å². The highest BCUT2D eigenvalue weighted by Gasteiger charge is 2.57. The van der Waals surface area contributed by atoms with Gasteiger partial charge in [0.05, 0.1) is 24.6 Å². The first-order valence-electron chi connectivity index (χ1n) is 9.43. The van der Waals surface area contributed by atoms with E-state index in [0.29, 0.717) is 18.4 Å². The van der Waals surface area contributed by atoms with Gasteiger partial charge in [0.1, 0.15) is 11.4 Å². The lowest BCUT2D eigenvalue weighted by Gasteiger charge is -2.54. The second kappa shape index (κ2) is 5.29. The van der Waals surface area contributed by atoms with E-state index >= 15 is 0 Å². The van der Waals surface area contributed by atoms with Crippen molar-refractivity contribution in [3.05, 3.63) is 23.8 Å². The summed E-state index contributed by atoms with van der Waals surface area (Å²) in [6.07, 6.45) is 2.53. The molecule has 0 amide bonds. The lowest BCUT2D eigenvalue weighted by molar-refractivity contribution is -0.0614. The first-order valence-corrected chi connectivity index (χ1v) is 9.43. The molecule has 0 spiro atoms. The Hall–Kier alpha value is -1.43. The van der Waals surface area contributed by atoms with Crippen molar-refractivity contribution in [3.8, 4) is 5.75 Å². The van der Waals surface area contributed by atoms with Crippen molar-refractivity contribution in [2.24, 2.45) is 22.7 Å². The predicted octanol–water partition coefficient (Wildman–Crippen LogP) is 2.08. The first kappa shape index (κ1) is 15.8. The number of benzene rings is 1. The van der Waals surface area contributed by atoms with Gasteiger partial charge in [-0.05, 0) is 50.3 Å².